The van der Waals surface area contributed by atoms with Crippen LogP contribution in [0.15, 0.2) is 70.3 Å². The van der Waals surface area contributed by atoms with Gasteiger partial charge >= 0.3 is 0 Å². The summed E-state index contributed by atoms with van der Waals surface area (Å²) in [6.45, 7) is 0. The van der Waals surface area contributed by atoms with E-state index in [1.807, 2.05) is 0 Å². The number of rotatable bonds is 4. The van der Waals surface area contributed by atoms with Crippen molar-refractivity contribution in [2.75, 3.05) is 10.6 Å². The van der Waals surface area contributed by atoms with Gasteiger partial charge in [-0.2, -0.15) is 0 Å². The van der Waals surface area contributed by atoms with Crippen LogP contribution in [0, 0.1) is 0 Å². The van der Waals surface area contributed by atoms with Gasteiger partial charge in [0.25, 0.3) is 22.9 Å². The van der Waals surface area contributed by atoms with Crippen molar-refractivity contribution in [3.05, 3.63) is 92.8 Å². The second-order valence-corrected chi connectivity index (χ2v) is 5.61. The number of benzene rings is 1. The molecule has 10 heteroatoms. The Bertz CT molecular complexity index is 1070. The van der Waals surface area contributed by atoms with Crippen molar-refractivity contribution in [2.45, 2.75) is 0 Å². The van der Waals surface area contributed by atoms with Gasteiger partial charge in [-0.1, -0.05) is 12.1 Å². The van der Waals surface area contributed by atoms with Crippen molar-refractivity contribution in [1.82, 2.24) is 9.46 Å². The maximum absolute atomic E-state index is 12.1. The lowest BCUT2D eigenvalue weighted by atomic mass is 10.2. The highest BCUT2D eigenvalue weighted by atomic mass is 16.5. The predicted molar refractivity (Wildman–Crippen MR) is 98.1 cm³/mol. The minimum absolute atomic E-state index is 0.234. The lowest BCUT2D eigenvalue weighted by Gasteiger charge is -2.10. The van der Waals surface area contributed by atoms with Gasteiger partial charge in [0.15, 0.2) is 0 Å². The molecule has 0 fully saturated rings. The van der Waals surface area contributed by atoms with Crippen LogP contribution in [0.1, 0.15) is 21.0 Å². The van der Waals surface area contributed by atoms with Gasteiger partial charge in [0.1, 0.15) is 11.4 Å². The van der Waals surface area contributed by atoms with E-state index in [2.05, 4.69) is 10.6 Å². The SMILES string of the molecule is O=C(Nc1ccc(NC(=O)c2cccc(=O)n2O)cc1)c1cccc(=O)n1O. The van der Waals surface area contributed by atoms with E-state index >= 15 is 0 Å². The summed E-state index contributed by atoms with van der Waals surface area (Å²) in [6.07, 6.45) is 0. The lowest BCUT2D eigenvalue weighted by molar-refractivity contribution is 0.0951. The molecule has 0 bridgehead atoms. The van der Waals surface area contributed by atoms with Crippen molar-refractivity contribution in [1.29, 1.82) is 0 Å². The normalized spacial score (nSPS) is 10.3. The molecule has 4 N–H and O–H groups in total. The van der Waals surface area contributed by atoms with E-state index in [9.17, 15) is 29.6 Å². The molecule has 0 unspecified atom stereocenters. The number of pyridine rings is 2. The lowest BCUT2D eigenvalue weighted by Crippen LogP contribution is -2.26. The Morgan fingerprint density at radius 2 is 1.00 bits per heavy atom. The van der Waals surface area contributed by atoms with E-state index in [-0.39, 0.29) is 20.8 Å². The first-order valence-corrected chi connectivity index (χ1v) is 7.92. The molecule has 10 nitrogen and oxygen atoms in total. The monoisotopic (exact) mass is 382 g/mol. The number of amides is 2. The van der Waals surface area contributed by atoms with Crippen molar-refractivity contribution in [3.8, 4) is 0 Å². The van der Waals surface area contributed by atoms with Gasteiger partial charge in [0.05, 0.1) is 0 Å². The maximum atomic E-state index is 12.1. The van der Waals surface area contributed by atoms with Crippen LogP contribution in [0.5, 0.6) is 0 Å². The van der Waals surface area contributed by atoms with Crippen molar-refractivity contribution < 1.29 is 20.0 Å². The molecule has 0 aliphatic heterocycles. The molecule has 2 amide bonds. The maximum Gasteiger partial charge on any atom is 0.283 e. The number of carbonyl (C=O) groups excluding carboxylic acids is 2. The average Bonchev–Trinajstić information content (AvgIpc) is 2.67. The molecule has 0 radical (unpaired) electrons. The summed E-state index contributed by atoms with van der Waals surface area (Å²) in [7, 11) is 0. The zero-order chi connectivity index (χ0) is 20.3. The van der Waals surface area contributed by atoms with Crippen LogP contribution in [0.25, 0.3) is 0 Å². The summed E-state index contributed by atoms with van der Waals surface area (Å²) in [5.41, 5.74) is -1.27. The van der Waals surface area contributed by atoms with Crippen molar-refractivity contribution in [2.24, 2.45) is 0 Å². The molecular weight excluding hydrogens is 368 g/mol. The van der Waals surface area contributed by atoms with E-state index in [0.717, 1.165) is 12.1 Å². The second kappa shape index (κ2) is 7.50. The molecule has 0 aliphatic carbocycles. The number of hydrogen-bond donors (Lipinski definition) is 4. The van der Waals surface area contributed by atoms with Gasteiger partial charge in [-0.3, -0.25) is 19.2 Å². The Morgan fingerprint density at radius 3 is 1.36 bits per heavy atom. The zero-order valence-corrected chi connectivity index (χ0v) is 14.2. The van der Waals surface area contributed by atoms with Gasteiger partial charge in [-0.15, -0.1) is 9.46 Å². The Labute approximate surface area is 156 Å². The highest BCUT2D eigenvalue weighted by molar-refractivity contribution is 6.04. The third-order valence-electron chi connectivity index (χ3n) is 3.73. The van der Waals surface area contributed by atoms with E-state index in [0.29, 0.717) is 11.4 Å². The molecule has 0 saturated carbocycles. The Kier molecular flexibility index (Phi) is 4.94. The minimum Gasteiger partial charge on any atom is -0.425 e. The molecule has 1 aromatic carbocycles. The first-order valence-electron chi connectivity index (χ1n) is 7.92. The predicted octanol–water partition coefficient (Wildman–Crippen LogP) is 0.989. The van der Waals surface area contributed by atoms with E-state index < -0.39 is 22.9 Å². The molecular formula is C18H14N4O6. The van der Waals surface area contributed by atoms with Crippen LogP contribution in [-0.4, -0.2) is 31.7 Å². The van der Waals surface area contributed by atoms with E-state index in [1.54, 1.807) is 0 Å². The van der Waals surface area contributed by atoms with Crippen LogP contribution >= 0.6 is 0 Å². The highest BCUT2D eigenvalue weighted by Gasteiger charge is 2.13. The summed E-state index contributed by atoms with van der Waals surface area (Å²) in [5.74, 6) is -1.41. The molecule has 3 rings (SSSR count). The van der Waals surface area contributed by atoms with Gasteiger partial charge in [0, 0.05) is 23.5 Å². The highest BCUT2D eigenvalue weighted by Crippen LogP contribution is 2.15. The largest absolute Gasteiger partial charge is 0.425 e. The zero-order valence-electron chi connectivity index (χ0n) is 14.2. The standard InChI is InChI=1S/C18H14N4O6/c23-15-5-1-3-13(21(15)27)17(25)19-11-7-9-12(10-8-11)20-18(26)14-4-2-6-16(24)22(14)28/h1-10,27-28H,(H,19,25)(H,20,26). The summed E-state index contributed by atoms with van der Waals surface area (Å²) < 4.78 is 0.469. The number of hydrogen-bond acceptors (Lipinski definition) is 6. The molecule has 0 spiro atoms. The Morgan fingerprint density at radius 1 is 0.643 bits per heavy atom. The summed E-state index contributed by atoms with van der Waals surface area (Å²) in [4.78, 5) is 47.0. The average molecular weight is 382 g/mol. The fourth-order valence-electron chi connectivity index (χ4n) is 2.33. The molecule has 0 aliphatic rings. The third-order valence-corrected chi connectivity index (χ3v) is 3.73. The first-order chi connectivity index (χ1) is 13.4. The fraction of sp³-hybridized carbons (Fsp3) is 0. The van der Waals surface area contributed by atoms with E-state index in [1.165, 1.54) is 48.5 Å². The van der Waals surface area contributed by atoms with Crippen LogP contribution in [0.4, 0.5) is 11.4 Å². The van der Waals surface area contributed by atoms with Gasteiger partial charge < -0.3 is 21.0 Å². The molecule has 0 atom stereocenters. The summed E-state index contributed by atoms with van der Waals surface area (Å²) >= 11 is 0. The van der Waals surface area contributed by atoms with Gasteiger partial charge in [0.2, 0.25) is 0 Å². The van der Waals surface area contributed by atoms with Gasteiger partial charge in [-0.05, 0) is 36.4 Å². The molecule has 2 heterocycles. The molecule has 142 valence electrons. The first kappa shape index (κ1) is 18.5. The van der Waals surface area contributed by atoms with Crippen LogP contribution in [0.2, 0.25) is 0 Å². The summed E-state index contributed by atoms with van der Waals surface area (Å²) in [5, 5.41) is 24.2. The topological polar surface area (TPSA) is 143 Å². The molecule has 0 saturated heterocycles. The smallest absolute Gasteiger partial charge is 0.283 e. The molecule has 28 heavy (non-hydrogen) atoms. The van der Waals surface area contributed by atoms with Crippen LogP contribution in [-0.2, 0) is 0 Å². The quantitative estimate of drug-likeness (QED) is 0.496. The third kappa shape index (κ3) is 3.75. The Balaban J connectivity index is 1.71. The fourth-order valence-corrected chi connectivity index (χ4v) is 2.33. The number of nitrogens with zero attached hydrogens (tertiary/aromatic N) is 2. The number of nitrogens with one attached hydrogen (secondary N) is 2. The van der Waals surface area contributed by atoms with E-state index in [4.69, 9.17) is 0 Å². The second-order valence-electron chi connectivity index (χ2n) is 5.61. The van der Waals surface area contributed by atoms with Crippen molar-refractivity contribution in [3.63, 3.8) is 0 Å². The van der Waals surface area contributed by atoms with Crippen LogP contribution in [0.3, 0.4) is 0 Å². The molecule has 2 aromatic heterocycles. The molecule has 3 aromatic rings. The number of carbonyl (C=O) groups is 2. The minimum atomic E-state index is -0.742. The van der Waals surface area contributed by atoms with Gasteiger partial charge in [-0.25, -0.2) is 0 Å². The van der Waals surface area contributed by atoms with Crippen LogP contribution < -0.4 is 21.8 Å². The Hall–Kier alpha value is -4.34. The van der Waals surface area contributed by atoms with Crippen molar-refractivity contribution >= 4 is 23.2 Å². The number of anilines is 2. The number of aromatic nitrogens is 2. The summed E-state index contributed by atoms with van der Waals surface area (Å²) in [6, 6.07) is 13.4.